The number of sulfone groups is 1. The molecule has 0 bridgehead atoms. The van der Waals surface area contributed by atoms with E-state index < -0.39 is 9.84 Å². The van der Waals surface area contributed by atoms with Gasteiger partial charge in [-0.15, -0.1) is 0 Å². The Labute approximate surface area is 113 Å². The van der Waals surface area contributed by atoms with Gasteiger partial charge in [0.05, 0.1) is 5.75 Å². The first-order chi connectivity index (χ1) is 9.06. The lowest BCUT2D eigenvalue weighted by molar-refractivity contribution is 0.600. The highest BCUT2D eigenvalue weighted by atomic mass is 32.2. The molecule has 19 heavy (non-hydrogen) atoms. The summed E-state index contributed by atoms with van der Waals surface area (Å²) in [6.07, 6.45) is 5.40. The lowest BCUT2D eigenvalue weighted by Crippen LogP contribution is -2.12. The first-order valence-electron chi connectivity index (χ1n) is 6.07. The van der Waals surface area contributed by atoms with Crippen molar-refractivity contribution < 1.29 is 8.42 Å². The van der Waals surface area contributed by atoms with Gasteiger partial charge >= 0.3 is 0 Å². The van der Waals surface area contributed by atoms with Crippen molar-refractivity contribution in [1.29, 1.82) is 0 Å². The molecule has 0 saturated heterocycles. The molecule has 0 radical (unpaired) electrons. The van der Waals surface area contributed by atoms with Gasteiger partial charge in [0.15, 0.2) is 0 Å². The molecule has 0 atom stereocenters. The van der Waals surface area contributed by atoms with E-state index in [1.54, 1.807) is 6.20 Å². The van der Waals surface area contributed by atoms with Crippen LogP contribution in [0.4, 0.5) is 5.95 Å². The van der Waals surface area contributed by atoms with E-state index in [0.717, 1.165) is 11.6 Å². The van der Waals surface area contributed by atoms with Crippen LogP contribution in [0.2, 0.25) is 0 Å². The molecule has 0 aliphatic heterocycles. The molecule has 2 aromatic rings. The molecule has 1 aromatic carbocycles. The van der Waals surface area contributed by atoms with Crippen LogP contribution in [0.3, 0.4) is 0 Å². The van der Waals surface area contributed by atoms with E-state index in [1.807, 2.05) is 41.1 Å². The molecule has 0 fully saturated rings. The third kappa shape index (κ3) is 4.10. The van der Waals surface area contributed by atoms with Crippen LogP contribution in [-0.2, 0) is 9.84 Å². The van der Waals surface area contributed by atoms with Crippen molar-refractivity contribution >= 4 is 15.8 Å². The lowest BCUT2D eigenvalue weighted by atomic mass is 10.3. The van der Waals surface area contributed by atoms with Crippen LogP contribution in [0.15, 0.2) is 42.7 Å². The van der Waals surface area contributed by atoms with Crippen molar-refractivity contribution in [2.24, 2.45) is 0 Å². The molecule has 0 spiro atoms. The van der Waals surface area contributed by atoms with Gasteiger partial charge in [-0.05, 0) is 18.6 Å². The number of rotatable bonds is 6. The molecule has 0 unspecified atom stereocenters. The van der Waals surface area contributed by atoms with Crippen LogP contribution in [0, 0.1) is 0 Å². The SMILES string of the molecule is CS(=O)(=O)CCCNc1nccn1-c1ccccc1. The summed E-state index contributed by atoms with van der Waals surface area (Å²) in [6.45, 7) is 0.580. The number of nitrogens with one attached hydrogen (secondary N) is 1. The average molecular weight is 279 g/mol. The minimum atomic E-state index is -2.89. The third-order valence-electron chi connectivity index (χ3n) is 2.65. The van der Waals surface area contributed by atoms with Gasteiger partial charge in [-0.25, -0.2) is 13.4 Å². The number of imidazole rings is 1. The largest absolute Gasteiger partial charge is 0.355 e. The minimum absolute atomic E-state index is 0.187. The summed E-state index contributed by atoms with van der Waals surface area (Å²) < 4.78 is 24.0. The van der Waals surface area contributed by atoms with Gasteiger partial charge in [-0.1, -0.05) is 18.2 Å². The van der Waals surface area contributed by atoms with Gasteiger partial charge in [0, 0.05) is 30.9 Å². The Balaban J connectivity index is 1.97. The first kappa shape index (κ1) is 13.6. The minimum Gasteiger partial charge on any atom is -0.355 e. The van der Waals surface area contributed by atoms with E-state index in [0.29, 0.717) is 13.0 Å². The second-order valence-electron chi connectivity index (χ2n) is 4.37. The number of anilines is 1. The highest BCUT2D eigenvalue weighted by Crippen LogP contribution is 2.13. The Bertz CT molecular complexity index is 620. The Morgan fingerprint density at radius 2 is 2.00 bits per heavy atom. The Morgan fingerprint density at radius 3 is 2.68 bits per heavy atom. The first-order valence-corrected chi connectivity index (χ1v) is 8.13. The second kappa shape index (κ2) is 5.88. The van der Waals surface area contributed by atoms with Crippen LogP contribution < -0.4 is 5.32 Å². The Kier molecular flexibility index (Phi) is 4.21. The number of benzene rings is 1. The van der Waals surface area contributed by atoms with Crippen LogP contribution in [-0.4, -0.2) is 36.5 Å². The van der Waals surface area contributed by atoms with Crippen LogP contribution in [0.25, 0.3) is 5.69 Å². The maximum atomic E-state index is 11.0. The highest BCUT2D eigenvalue weighted by molar-refractivity contribution is 7.90. The van der Waals surface area contributed by atoms with E-state index in [-0.39, 0.29) is 5.75 Å². The van der Waals surface area contributed by atoms with E-state index >= 15 is 0 Å². The molecule has 5 nitrogen and oxygen atoms in total. The number of hydrogen-bond acceptors (Lipinski definition) is 4. The smallest absolute Gasteiger partial charge is 0.207 e. The number of para-hydroxylation sites is 1. The maximum Gasteiger partial charge on any atom is 0.207 e. The van der Waals surface area contributed by atoms with E-state index in [2.05, 4.69) is 10.3 Å². The van der Waals surface area contributed by atoms with E-state index in [4.69, 9.17) is 0 Å². The zero-order valence-electron chi connectivity index (χ0n) is 10.8. The van der Waals surface area contributed by atoms with Crippen molar-refractivity contribution in [2.75, 3.05) is 23.9 Å². The van der Waals surface area contributed by atoms with Gasteiger partial charge < -0.3 is 5.32 Å². The summed E-state index contributed by atoms with van der Waals surface area (Å²) in [6, 6.07) is 9.86. The van der Waals surface area contributed by atoms with Crippen molar-refractivity contribution in [3.05, 3.63) is 42.7 Å². The topological polar surface area (TPSA) is 64.0 Å². The van der Waals surface area contributed by atoms with Crippen LogP contribution in [0.5, 0.6) is 0 Å². The molecule has 102 valence electrons. The van der Waals surface area contributed by atoms with Gasteiger partial charge in [0.25, 0.3) is 0 Å². The fourth-order valence-electron chi connectivity index (χ4n) is 1.77. The van der Waals surface area contributed by atoms with Crippen molar-refractivity contribution in [3.8, 4) is 5.69 Å². The molecule has 2 rings (SSSR count). The quantitative estimate of drug-likeness (QED) is 0.818. The summed E-state index contributed by atoms with van der Waals surface area (Å²) in [7, 11) is -2.89. The van der Waals surface area contributed by atoms with E-state index in [9.17, 15) is 8.42 Å². The van der Waals surface area contributed by atoms with Gasteiger partial charge in [-0.3, -0.25) is 4.57 Å². The van der Waals surface area contributed by atoms with Gasteiger partial charge in [-0.2, -0.15) is 0 Å². The van der Waals surface area contributed by atoms with Crippen molar-refractivity contribution in [1.82, 2.24) is 9.55 Å². The molecule has 0 aliphatic carbocycles. The fraction of sp³-hybridized carbons (Fsp3) is 0.308. The lowest BCUT2D eigenvalue weighted by Gasteiger charge is -2.09. The second-order valence-corrected chi connectivity index (χ2v) is 6.63. The number of hydrogen-bond donors (Lipinski definition) is 1. The van der Waals surface area contributed by atoms with Gasteiger partial charge in [0.2, 0.25) is 5.95 Å². The molecular weight excluding hydrogens is 262 g/mol. The average Bonchev–Trinajstić information content (AvgIpc) is 2.83. The molecule has 0 aliphatic rings. The summed E-state index contributed by atoms with van der Waals surface area (Å²) in [5, 5.41) is 3.15. The Hall–Kier alpha value is -1.82. The summed E-state index contributed by atoms with van der Waals surface area (Å²) in [5.41, 5.74) is 1.02. The molecule has 0 amide bonds. The normalized spacial score (nSPS) is 11.4. The number of aromatic nitrogens is 2. The summed E-state index contributed by atoms with van der Waals surface area (Å²) >= 11 is 0. The maximum absolute atomic E-state index is 11.0. The van der Waals surface area contributed by atoms with Crippen molar-refractivity contribution in [2.45, 2.75) is 6.42 Å². The molecule has 6 heteroatoms. The fourth-order valence-corrected chi connectivity index (χ4v) is 2.43. The Morgan fingerprint density at radius 1 is 1.26 bits per heavy atom. The van der Waals surface area contributed by atoms with E-state index in [1.165, 1.54) is 6.26 Å². The van der Waals surface area contributed by atoms with Gasteiger partial charge in [0.1, 0.15) is 9.84 Å². The van der Waals surface area contributed by atoms with Crippen LogP contribution >= 0.6 is 0 Å². The molecule has 1 aromatic heterocycles. The predicted molar refractivity (Wildman–Crippen MR) is 76.4 cm³/mol. The zero-order chi connectivity index (χ0) is 13.7. The highest BCUT2D eigenvalue weighted by Gasteiger charge is 2.05. The molecule has 0 saturated carbocycles. The summed E-state index contributed by atoms with van der Waals surface area (Å²) in [5.74, 6) is 0.908. The molecular formula is C13H17N3O2S. The van der Waals surface area contributed by atoms with Crippen LogP contribution in [0.1, 0.15) is 6.42 Å². The predicted octanol–water partition coefficient (Wildman–Crippen LogP) is 1.72. The molecule has 1 N–H and O–H groups in total. The zero-order valence-corrected chi connectivity index (χ0v) is 11.6. The monoisotopic (exact) mass is 279 g/mol. The standard InChI is InChI=1S/C13H17N3O2S/c1-19(17,18)11-5-8-14-13-15-9-10-16(13)12-6-3-2-4-7-12/h2-4,6-7,9-10H,5,8,11H2,1H3,(H,14,15). The third-order valence-corrected chi connectivity index (χ3v) is 3.68. The number of nitrogens with zero attached hydrogens (tertiary/aromatic N) is 2. The molecule has 1 heterocycles. The van der Waals surface area contributed by atoms with Crippen molar-refractivity contribution in [3.63, 3.8) is 0 Å². The summed E-state index contributed by atoms with van der Waals surface area (Å²) in [4.78, 5) is 4.23.